The average molecular weight is 254 g/mol. The van der Waals surface area contributed by atoms with Gasteiger partial charge in [0.25, 0.3) is 0 Å². The summed E-state index contributed by atoms with van der Waals surface area (Å²) < 4.78 is 0. The standard InChI is InChI=1S/C16H18N2O/c1-2-3-9-16(19)15-10-14(12-18-15)17-11-13-7-5-4-6-8-13/h2,4-8,10,12,17-18H,1,3,9,11H2. The van der Waals surface area contributed by atoms with Crippen LogP contribution in [-0.2, 0) is 6.54 Å². The highest BCUT2D eigenvalue weighted by atomic mass is 16.1. The van der Waals surface area contributed by atoms with Gasteiger partial charge < -0.3 is 10.3 Å². The van der Waals surface area contributed by atoms with Gasteiger partial charge in [-0.15, -0.1) is 6.58 Å². The highest BCUT2D eigenvalue weighted by Gasteiger charge is 2.07. The minimum atomic E-state index is 0.118. The molecule has 3 nitrogen and oxygen atoms in total. The zero-order valence-corrected chi connectivity index (χ0v) is 10.9. The van der Waals surface area contributed by atoms with Crippen molar-refractivity contribution >= 4 is 11.5 Å². The Balaban J connectivity index is 1.90. The first-order valence-corrected chi connectivity index (χ1v) is 6.40. The van der Waals surface area contributed by atoms with Crippen LogP contribution in [0.2, 0.25) is 0 Å². The fraction of sp³-hybridized carbons (Fsp3) is 0.188. The molecule has 0 aliphatic heterocycles. The SMILES string of the molecule is C=CCCC(=O)c1cc(NCc2ccccc2)c[nH]1. The van der Waals surface area contributed by atoms with Crippen molar-refractivity contribution in [3.8, 4) is 0 Å². The number of hydrogen-bond donors (Lipinski definition) is 2. The lowest BCUT2D eigenvalue weighted by Crippen LogP contribution is -1.99. The normalized spacial score (nSPS) is 10.1. The number of nitrogens with one attached hydrogen (secondary N) is 2. The van der Waals surface area contributed by atoms with Crippen molar-refractivity contribution in [2.24, 2.45) is 0 Å². The van der Waals surface area contributed by atoms with Gasteiger partial charge in [0.1, 0.15) is 0 Å². The van der Waals surface area contributed by atoms with Gasteiger partial charge in [-0.2, -0.15) is 0 Å². The largest absolute Gasteiger partial charge is 0.380 e. The fourth-order valence-corrected chi connectivity index (χ4v) is 1.83. The van der Waals surface area contributed by atoms with E-state index in [4.69, 9.17) is 0 Å². The molecule has 0 amide bonds. The number of allylic oxidation sites excluding steroid dienone is 1. The number of Topliss-reactive ketones (excluding diaryl/α,β-unsaturated/α-hetero) is 1. The van der Waals surface area contributed by atoms with Crippen molar-refractivity contribution in [2.45, 2.75) is 19.4 Å². The molecule has 19 heavy (non-hydrogen) atoms. The number of carbonyl (C=O) groups excluding carboxylic acids is 1. The number of hydrogen-bond acceptors (Lipinski definition) is 2. The van der Waals surface area contributed by atoms with Crippen LogP contribution in [0.15, 0.2) is 55.3 Å². The van der Waals surface area contributed by atoms with Gasteiger partial charge in [0.05, 0.1) is 11.4 Å². The first-order chi connectivity index (χ1) is 9.29. The summed E-state index contributed by atoms with van der Waals surface area (Å²) in [6.07, 6.45) is 4.80. The lowest BCUT2D eigenvalue weighted by Gasteiger charge is -2.02. The molecule has 2 N–H and O–H groups in total. The molecule has 0 saturated heterocycles. The van der Waals surface area contributed by atoms with Crippen molar-refractivity contribution in [1.82, 2.24) is 4.98 Å². The van der Waals surface area contributed by atoms with Gasteiger partial charge in [0.15, 0.2) is 5.78 Å². The third-order valence-corrected chi connectivity index (χ3v) is 2.90. The van der Waals surface area contributed by atoms with Crippen LogP contribution in [0.1, 0.15) is 28.9 Å². The van der Waals surface area contributed by atoms with E-state index in [0.29, 0.717) is 18.5 Å². The smallest absolute Gasteiger partial charge is 0.179 e. The maximum Gasteiger partial charge on any atom is 0.179 e. The summed E-state index contributed by atoms with van der Waals surface area (Å²) in [5, 5.41) is 3.29. The predicted molar refractivity (Wildman–Crippen MR) is 78.3 cm³/mol. The molecule has 2 aromatic rings. The Labute approximate surface area is 113 Å². The minimum Gasteiger partial charge on any atom is -0.380 e. The summed E-state index contributed by atoms with van der Waals surface area (Å²) in [7, 11) is 0. The molecule has 0 bridgehead atoms. The second-order valence-corrected chi connectivity index (χ2v) is 4.39. The van der Waals surface area contributed by atoms with Crippen LogP contribution < -0.4 is 5.32 Å². The molecule has 0 aliphatic carbocycles. The molecule has 1 aromatic carbocycles. The van der Waals surface area contributed by atoms with Crippen molar-refractivity contribution < 1.29 is 4.79 Å². The van der Waals surface area contributed by atoms with E-state index in [1.165, 1.54) is 5.56 Å². The average Bonchev–Trinajstić information content (AvgIpc) is 2.92. The number of carbonyl (C=O) groups is 1. The van der Waals surface area contributed by atoms with Crippen LogP contribution >= 0.6 is 0 Å². The third-order valence-electron chi connectivity index (χ3n) is 2.90. The number of H-pyrrole nitrogens is 1. The van der Waals surface area contributed by atoms with E-state index in [1.807, 2.05) is 30.5 Å². The quantitative estimate of drug-likeness (QED) is 0.583. The van der Waals surface area contributed by atoms with Gasteiger partial charge in [-0.1, -0.05) is 36.4 Å². The number of ketones is 1. The topological polar surface area (TPSA) is 44.9 Å². The summed E-state index contributed by atoms with van der Waals surface area (Å²) in [6.45, 7) is 4.37. The second kappa shape index (κ2) is 6.59. The van der Waals surface area contributed by atoms with Crippen molar-refractivity contribution in [3.05, 3.63) is 66.5 Å². The Kier molecular flexibility index (Phi) is 4.56. The molecule has 0 unspecified atom stereocenters. The van der Waals surface area contributed by atoms with Gasteiger partial charge in [0, 0.05) is 19.2 Å². The van der Waals surface area contributed by atoms with E-state index in [-0.39, 0.29) is 5.78 Å². The van der Waals surface area contributed by atoms with Crippen LogP contribution in [0.3, 0.4) is 0 Å². The maximum atomic E-state index is 11.8. The zero-order chi connectivity index (χ0) is 13.5. The summed E-state index contributed by atoms with van der Waals surface area (Å²) in [4.78, 5) is 14.8. The van der Waals surface area contributed by atoms with Crippen LogP contribution in [0.25, 0.3) is 0 Å². The van der Waals surface area contributed by atoms with Gasteiger partial charge >= 0.3 is 0 Å². The molecule has 3 heteroatoms. The van der Waals surface area contributed by atoms with Gasteiger partial charge in [-0.3, -0.25) is 4.79 Å². The first kappa shape index (κ1) is 13.1. The van der Waals surface area contributed by atoms with Crippen molar-refractivity contribution in [3.63, 3.8) is 0 Å². The number of aromatic nitrogens is 1. The van der Waals surface area contributed by atoms with Gasteiger partial charge in [0.2, 0.25) is 0 Å². The van der Waals surface area contributed by atoms with E-state index in [2.05, 4.69) is 29.0 Å². The monoisotopic (exact) mass is 254 g/mol. The van der Waals surface area contributed by atoms with E-state index in [9.17, 15) is 4.79 Å². The van der Waals surface area contributed by atoms with Crippen molar-refractivity contribution in [1.29, 1.82) is 0 Å². The molecule has 0 saturated carbocycles. The molecule has 1 heterocycles. The maximum absolute atomic E-state index is 11.8. The lowest BCUT2D eigenvalue weighted by molar-refractivity contribution is 0.0979. The second-order valence-electron chi connectivity index (χ2n) is 4.39. The summed E-state index contributed by atoms with van der Waals surface area (Å²) in [5.41, 5.74) is 2.80. The van der Waals surface area contributed by atoms with E-state index < -0.39 is 0 Å². The molecule has 0 spiro atoms. The van der Waals surface area contributed by atoms with Crippen molar-refractivity contribution in [2.75, 3.05) is 5.32 Å². The first-order valence-electron chi connectivity index (χ1n) is 6.40. The Bertz CT molecular complexity index is 543. The highest BCUT2D eigenvalue weighted by molar-refractivity contribution is 5.95. The highest BCUT2D eigenvalue weighted by Crippen LogP contribution is 2.13. The number of rotatable bonds is 7. The number of benzene rings is 1. The minimum absolute atomic E-state index is 0.118. The summed E-state index contributed by atoms with van der Waals surface area (Å²) in [5.74, 6) is 0.118. The van der Waals surface area contributed by atoms with E-state index >= 15 is 0 Å². The fourth-order valence-electron chi connectivity index (χ4n) is 1.83. The molecular weight excluding hydrogens is 236 g/mol. The van der Waals surface area contributed by atoms with Crippen LogP contribution in [0, 0.1) is 0 Å². The zero-order valence-electron chi connectivity index (χ0n) is 10.9. The van der Waals surface area contributed by atoms with Gasteiger partial charge in [-0.05, 0) is 18.1 Å². The number of anilines is 1. The molecule has 98 valence electrons. The van der Waals surface area contributed by atoms with Gasteiger partial charge in [-0.25, -0.2) is 0 Å². The van der Waals surface area contributed by atoms with Crippen LogP contribution in [0.5, 0.6) is 0 Å². The molecule has 2 rings (SSSR count). The Morgan fingerprint density at radius 1 is 1.32 bits per heavy atom. The Morgan fingerprint density at radius 2 is 2.11 bits per heavy atom. The Morgan fingerprint density at radius 3 is 2.84 bits per heavy atom. The molecule has 0 fully saturated rings. The molecule has 0 aliphatic rings. The third kappa shape index (κ3) is 3.85. The summed E-state index contributed by atoms with van der Waals surface area (Å²) in [6, 6.07) is 12.0. The Hall–Kier alpha value is -2.29. The number of aromatic amines is 1. The lowest BCUT2D eigenvalue weighted by atomic mass is 10.1. The van der Waals surface area contributed by atoms with Crippen LogP contribution in [-0.4, -0.2) is 10.8 Å². The van der Waals surface area contributed by atoms with Crippen LogP contribution in [0.4, 0.5) is 5.69 Å². The van der Waals surface area contributed by atoms with E-state index in [0.717, 1.165) is 12.2 Å². The molecule has 0 atom stereocenters. The predicted octanol–water partition coefficient (Wildman–Crippen LogP) is 3.78. The molecule has 0 radical (unpaired) electrons. The molecular formula is C16H18N2O. The summed E-state index contributed by atoms with van der Waals surface area (Å²) >= 11 is 0. The molecule has 1 aromatic heterocycles. The van der Waals surface area contributed by atoms with E-state index in [1.54, 1.807) is 6.08 Å².